The molecule has 0 atom stereocenters. The molecule has 0 aliphatic heterocycles. The molecule has 1 aromatic carbocycles. The number of nitrogens with zero attached hydrogens (tertiary/aromatic N) is 1. The standard InChI is InChI=1S/C20H25F3N4O4S/c1-11(2)24-6-4-3-5-7-25-20(30)26-18-16(19(28)29)17(27-32-18)31-10-12-8-14(22)15(23)9-13(12)21/h8-9,11,24H,3-7,10H2,1-2H3,(H,28,29)(H2,25,26,30). The maximum absolute atomic E-state index is 13.7. The van der Waals surface area contributed by atoms with E-state index in [4.69, 9.17) is 4.74 Å². The number of urea groups is 1. The van der Waals surface area contributed by atoms with Gasteiger partial charge in [0.25, 0.3) is 0 Å². The molecule has 8 nitrogen and oxygen atoms in total. The van der Waals surface area contributed by atoms with Crippen LogP contribution in [0.4, 0.5) is 23.0 Å². The molecule has 0 unspecified atom stereocenters. The summed E-state index contributed by atoms with van der Waals surface area (Å²) in [7, 11) is 0. The Hall–Kier alpha value is -2.86. The van der Waals surface area contributed by atoms with Crippen LogP contribution in [-0.2, 0) is 6.61 Å². The van der Waals surface area contributed by atoms with Crippen LogP contribution in [0.15, 0.2) is 12.1 Å². The molecule has 2 aromatic rings. The average Bonchev–Trinajstić information content (AvgIpc) is 3.11. The van der Waals surface area contributed by atoms with Gasteiger partial charge in [0.1, 0.15) is 17.4 Å². The minimum Gasteiger partial charge on any atom is -0.477 e. The second-order valence-electron chi connectivity index (χ2n) is 7.19. The van der Waals surface area contributed by atoms with Crippen molar-refractivity contribution < 1.29 is 32.6 Å². The lowest BCUT2D eigenvalue weighted by Crippen LogP contribution is -2.30. The summed E-state index contributed by atoms with van der Waals surface area (Å²) < 4.78 is 49.1. The van der Waals surface area contributed by atoms with Gasteiger partial charge in [-0.3, -0.25) is 5.32 Å². The number of amides is 2. The van der Waals surface area contributed by atoms with E-state index in [1.807, 2.05) is 0 Å². The van der Waals surface area contributed by atoms with Crippen molar-refractivity contribution in [2.24, 2.45) is 0 Å². The van der Waals surface area contributed by atoms with E-state index in [0.717, 1.165) is 25.8 Å². The molecule has 1 heterocycles. The zero-order valence-corrected chi connectivity index (χ0v) is 18.5. The summed E-state index contributed by atoms with van der Waals surface area (Å²) in [5.74, 6) is -5.46. The fraction of sp³-hybridized carbons (Fsp3) is 0.450. The highest BCUT2D eigenvalue weighted by molar-refractivity contribution is 7.11. The molecule has 2 amide bonds. The quantitative estimate of drug-likeness (QED) is 0.272. The van der Waals surface area contributed by atoms with Crippen LogP contribution in [0.5, 0.6) is 5.88 Å². The highest BCUT2D eigenvalue weighted by atomic mass is 32.1. The van der Waals surface area contributed by atoms with E-state index in [1.165, 1.54) is 0 Å². The maximum Gasteiger partial charge on any atom is 0.344 e. The van der Waals surface area contributed by atoms with Crippen molar-refractivity contribution in [3.63, 3.8) is 0 Å². The van der Waals surface area contributed by atoms with Crippen LogP contribution in [-0.4, -0.2) is 40.6 Å². The zero-order chi connectivity index (χ0) is 23.7. The Morgan fingerprint density at radius 3 is 2.47 bits per heavy atom. The molecule has 32 heavy (non-hydrogen) atoms. The molecule has 1 aromatic heterocycles. The van der Waals surface area contributed by atoms with Gasteiger partial charge >= 0.3 is 12.0 Å². The number of carbonyl (C=O) groups is 2. The lowest BCUT2D eigenvalue weighted by atomic mass is 10.2. The number of halogens is 3. The van der Waals surface area contributed by atoms with Gasteiger partial charge in [0, 0.05) is 24.2 Å². The van der Waals surface area contributed by atoms with Crippen molar-refractivity contribution >= 4 is 28.5 Å². The number of unbranched alkanes of at least 4 members (excludes halogenated alkanes) is 2. The molecule has 0 fully saturated rings. The summed E-state index contributed by atoms with van der Waals surface area (Å²) in [6.07, 6.45) is 2.65. The SMILES string of the molecule is CC(C)NCCCCCNC(=O)Nc1snc(OCc2cc(F)c(F)cc2F)c1C(=O)O. The Kier molecular flexibility index (Phi) is 9.72. The molecule has 2 rings (SSSR count). The summed E-state index contributed by atoms with van der Waals surface area (Å²) in [4.78, 5) is 23.6. The Bertz CT molecular complexity index is 940. The van der Waals surface area contributed by atoms with Crippen LogP contribution in [0.2, 0.25) is 0 Å². The summed E-state index contributed by atoms with van der Waals surface area (Å²) in [6, 6.07) is 0.801. The Morgan fingerprint density at radius 2 is 1.78 bits per heavy atom. The molecule has 176 valence electrons. The summed E-state index contributed by atoms with van der Waals surface area (Å²) in [5, 5.41) is 17.7. The Morgan fingerprint density at radius 1 is 1.09 bits per heavy atom. The lowest BCUT2D eigenvalue weighted by Gasteiger charge is -2.09. The molecule has 12 heteroatoms. The summed E-state index contributed by atoms with van der Waals surface area (Å²) in [5.41, 5.74) is -0.739. The molecule has 0 spiro atoms. The predicted molar refractivity (Wildman–Crippen MR) is 114 cm³/mol. The molecular weight excluding hydrogens is 449 g/mol. The largest absolute Gasteiger partial charge is 0.477 e. The van der Waals surface area contributed by atoms with E-state index >= 15 is 0 Å². The fourth-order valence-corrected chi connectivity index (χ4v) is 3.36. The van der Waals surface area contributed by atoms with E-state index in [0.29, 0.717) is 36.3 Å². The van der Waals surface area contributed by atoms with Crippen LogP contribution >= 0.6 is 11.5 Å². The molecule has 0 saturated heterocycles. The minimum atomic E-state index is -1.42. The van der Waals surface area contributed by atoms with Crippen molar-refractivity contribution in [1.82, 2.24) is 15.0 Å². The van der Waals surface area contributed by atoms with Crippen molar-refractivity contribution in [3.8, 4) is 5.88 Å². The van der Waals surface area contributed by atoms with Gasteiger partial charge in [-0.1, -0.05) is 20.3 Å². The maximum atomic E-state index is 13.7. The van der Waals surface area contributed by atoms with Gasteiger partial charge in [0.05, 0.1) is 0 Å². The highest BCUT2D eigenvalue weighted by Crippen LogP contribution is 2.31. The molecule has 4 N–H and O–H groups in total. The van der Waals surface area contributed by atoms with Crippen LogP contribution in [0.25, 0.3) is 0 Å². The molecule has 0 aliphatic carbocycles. The van der Waals surface area contributed by atoms with Gasteiger partial charge < -0.3 is 20.5 Å². The van der Waals surface area contributed by atoms with Crippen molar-refractivity contribution in [2.75, 3.05) is 18.4 Å². The molecule has 0 aliphatic rings. The number of aromatic nitrogens is 1. The first-order chi connectivity index (χ1) is 15.2. The monoisotopic (exact) mass is 474 g/mol. The average molecular weight is 475 g/mol. The van der Waals surface area contributed by atoms with Gasteiger partial charge in [-0.05, 0) is 37.0 Å². The first kappa shape index (κ1) is 25.4. The van der Waals surface area contributed by atoms with Crippen molar-refractivity contribution in [1.29, 1.82) is 0 Å². The Labute approximate surface area is 187 Å². The van der Waals surface area contributed by atoms with E-state index < -0.39 is 41.6 Å². The van der Waals surface area contributed by atoms with Crippen LogP contribution in [0, 0.1) is 17.5 Å². The number of hydrogen-bond acceptors (Lipinski definition) is 6. The first-order valence-corrected chi connectivity index (χ1v) is 10.7. The molecule has 0 bridgehead atoms. The van der Waals surface area contributed by atoms with E-state index in [1.54, 1.807) is 0 Å². The highest BCUT2D eigenvalue weighted by Gasteiger charge is 2.24. The lowest BCUT2D eigenvalue weighted by molar-refractivity contribution is 0.0693. The number of rotatable bonds is 12. The van der Waals surface area contributed by atoms with Crippen molar-refractivity contribution in [3.05, 3.63) is 40.7 Å². The molecular formula is C20H25F3N4O4S. The van der Waals surface area contributed by atoms with Crippen LogP contribution < -0.4 is 20.7 Å². The third-order valence-electron chi connectivity index (χ3n) is 4.25. The van der Waals surface area contributed by atoms with E-state index in [2.05, 4.69) is 34.2 Å². The van der Waals surface area contributed by atoms with Crippen LogP contribution in [0.3, 0.4) is 0 Å². The number of anilines is 1. The number of carboxylic acid groups (broad SMARTS) is 1. The van der Waals surface area contributed by atoms with Crippen molar-refractivity contribution in [2.45, 2.75) is 45.8 Å². The number of ether oxygens (including phenoxy) is 1. The number of carboxylic acids is 1. The number of aromatic carboxylic acids is 1. The fourth-order valence-electron chi connectivity index (χ4n) is 2.64. The molecule has 0 saturated carbocycles. The van der Waals surface area contributed by atoms with Gasteiger partial charge in [-0.15, -0.1) is 0 Å². The smallest absolute Gasteiger partial charge is 0.344 e. The second kappa shape index (κ2) is 12.2. The van der Waals surface area contributed by atoms with E-state index in [-0.39, 0.29) is 16.4 Å². The third-order valence-corrected chi connectivity index (χ3v) is 4.99. The minimum absolute atomic E-state index is 0.0723. The number of carbonyl (C=O) groups excluding carboxylic acids is 1. The third kappa shape index (κ3) is 7.68. The summed E-state index contributed by atoms with van der Waals surface area (Å²) >= 11 is 0.667. The van der Waals surface area contributed by atoms with Crippen LogP contribution in [0.1, 0.15) is 49.0 Å². The topological polar surface area (TPSA) is 113 Å². The Balaban J connectivity index is 1.89. The van der Waals surface area contributed by atoms with Gasteiger partial charge in [0.2, 0.25) is 5.88 Å². The number of hydrogen-bond donors (Lipinski definition) is 4. The number of benzene rings is 1. The van der Waals surface area contributed by atoms with E-state index in [9.17, 15) is 27.9 Å². The van der Waals surface area contributed by atoms with Gasteiger partial charge in [0.15, 0.2) is 17.2 Å². The number of nitrogens with one attached hydrogen (secondary N) is 3. The zero-order valence-electron chi connectivity index (χ0n) is 17.6. The molecule has 0 radical (unpaired) electrons. The van der Waals surface area contributed by atoms with Gasteiger partial charge in [-0.25, -0.2) is 22.8 Å². The normalized spacial score (nSPS) is 10.9. The second-order valence-corrected chi connectivity index (χ2v) is 7.97. The first-order valence-electron chi connectivity index (χ1n) is 9.96. The summed E-state index contributed by atoms with van der Waals surface area (Å²) in [6.45, 7) is 4.85. The van der Waals surface area contributed by atoms with Gasteiger partial charge in [-0.2, -0.15) is 4.37 Å². The predicted octanol–water partition coefficient (Wildman–Crippen LogP) is 4.13.